The summed E-state index contributed by atoms with van der Waals surface area (Å²) in [4.78, 5) is 33.3. The Balaban J connectivity index is 1.81. The van der Waals surface area contributed by atoms with Crippen LogP contribution in [0.3, 0.4) is 0 Å². The van der Waals surface area contributed by atoms with Crippen molar-refractivity contribution >= 4 is 51.7 Å². The van der Waals surface area contributed by atoms with E-state index in [1.54, 1.807) is 43.9 Å². The summed E-state index contributed by atoms with van der Waals surface area (Å²) in [5.41, 5.74) is 2.51. The normalized spacial score (nSPS) is 14.5. The molecule has 44 heavy (non-hydrogen) atoms. The lowest BCUT2D eigenvalue weighted by Crippen LogP contribution is -2.40. The molecule has 5 rings (SSSR count). The number of esters is 1. The van der Waals surface area contributed by atoms with Crippen molar-refractivity contribution in [3.05, 3.63) is 106 Å². The monoisotopic (exact) mass is 726 g/mol. The third kappa shape index (κ3) is 5.98. The van der Waals surface area contributed by atoms with E-state index >= 15 is 0 Å². The van der Waals surface area contributed by atoms with Crippen LogP contribution >= 0.6 is 33.9 Å². The minimum atomic E-state index is -0.850. The summed E-state index contributed by atoms with van der Waals surface area (Å²) in [5, 5.41) is 0. The van der Waals surface area contributed by atoms with E-state index in [-0.39, 0.29) is 17.7 Å². The molecule has 0 amide bonds. The maximum Gasteiger partial charge on any atom is 0.338 e. The van der Waals surface area contributed by atoms with Gasteiger partial charge >= 0.3 is 5.97 Å². The second-order valence-corrected chi connectivity index (χ2v) is 11.7. The number of ether oxygens (including phenoxy) is 5. The van der Waals surface area contributed by atoms with Crippen molar-refractivity contribution in [1.29, 1.82) is 0 Å². The molecule has 0 radical (unpaired) electrons. The van der Waals surface area contributed by atoms with Crippen LogP contribution in [0.25, 0.3) is 11.8 Å². The van der Waals surface area contributed by atoms with Gasteiger partial charge in [-0.3, -0.25) is 9.36 Å². The molecule has 0 aliphatic carbocycles. The zero-order valence-electron chi connectivity index (χ0n) is 24.9. The van der Waals surface area contributed by atoms with Gasteiger partial charge in [0.25, 0.3) is 5.56 Å². The molecule has 3 aromatic carbocycles. The van der Waals surface area contributed by atoms with Crippen LogP contribution in [-0.4, -0.2) is 45.1 Å². The van der Waals surface area contributed by atoms with Crippen molar-refractivity contribution < 1.29 is 28.5 Å². The van der Waals surface area contributed by atoms with Gasteiger partial charge in [0, 0.05) is 5.56 Å². The number of halogens is 1. The molecule has 0 fully saturated rings. The number of nitrogens with zero attached hydrogens (tertiary/aromatic N) is 2. The molecule has 1 atom stereocenters. The van der Waals surface area contributed by atoms with Gasteiger partial charge < -0.3 is 23.7 Å². The number of carbonyl (C=O) groups excluding carboxylic acids is 1. The number of thiazole rings is 1. The predicted molar refractivity (Wildman–Crippen MR) is 177 cm³/mol. The van der Waals surface area contributed by atoms with Crippen LogP contribution in [0.1, 0.15) is 36.6 Å². The van der Waals surface area contributed by atoms with Gasteiger partial charge in [0.05, 0.1) is 60.0 Å². The molecule has 0 saturated carbocycles. The molecule has 0 spiro atoms. The molecule has 2 heterocycles. The van der Waals surface area contributed by atoms with Crippen LogP contribution in [0.15, 0.2) is 76.0 Å². The summed E-state index contributed by atoms with van der Waals surface area (Å²) < 4.78 is 30.8. The molecule has 9 nitrogen and oxygen atoms in total. The molecule has 0 N–H and O–H groups in total. The van der Waals surface area contributed by atoms with Gasteiger partial charge in [0.15, 0.2) is 27.8 Å². The Morgan fingerprint density at radius 3 is 2.34 bits per heavy atom. The Morgan fingerprint density at radius 2 is 1.68 bits per heavy atom. The Labute approximate surface area is 272 Å². The highest BCUT2D eigenvalue weighted by Gasteiger charge is 2.35. The Morgan fingerprint density at radius 1 is 0.955 bits per heavy atom. The van der Waals surface area contributed by atoms with Crippen LogP contribution < -0.4 is 33.8 Å². The van der Waals surface area contributed by atoms with Gasteiger partial charge in [-0.1, -0.05) is 47.7 Å². The third-order valence-electron chi connectivity index (χ3n) is 6.94. The molecule has 1 aliphatic heterocycles. The van der Waals surface area contributed by atoms with E-state index in [0.717, 1.165) is 14.7 Å². The summed E-state index contributed by atoms with van der Waals surface area (Å²) in [7, 11) is 4.67. The zero-order chi connectivity index (χ0) is 31.4. The standard InChI is InChI=1S/C33H31IN2O7S/c1-6-42-30-22(34)15-19(16-25(30)41-5)17-26-31(37)36-29(21-13-14-23(39-3)24(18-21)40-4)27(32(38)43-7-2)28(35-33(36)44-26)20-11-9-8-10-12-20/h8-18,29H,6-7H2,1-5H3/b26-17-/t29-/m0/s1. The van der Waals surface area contributed by atoms with Crippen LogP contribution in [0.5, 0.6) is 23.0 Å². The fourth-order valence-corrected chi connectivity index (χ4v) is 6.82. The van der Waals surface area contributed by atoms with Gasteiger partial charge in [0.1, 0.15) is 0 Å². The van der Waals surface area contributed by atoms with E-state index in [1.807, 2.05) is 55.5 Å². The van der Waals surface area contributed by atoms with Crippen molar-refractivity contribution in [3.8, 4) is 23.0 Å². The number of benzene rings is 3. The van der Waals surface area contributed by atoms with Crippen LogP contribution in [-0.2, 0) is 9.53 Å². The van der Waals surface area contributed by atoms with Gasteiger partial charge in [-0.2, -0.15) is 0 Å². The lowest BCUT2D eigenvalue weighted by atomic mass is 9.93. The first-order valence-corrected chi connectivity index (χ1v) is 15.7. The van der Waals surface area contributed by atoms with Crippen molar-refractivity contribution in [2.24, 2.45) is 4.99 Å². The largest absolute Gasteiger partial charge is 0.493 e. The molecule has 4 aromatic rings. The first kappa shape index (κ1) is 31.3. The Hall–Kier alpha value is -4.10. The highest BCUT2D eigenvalue weighted by Crippen LogP contribution is 2.39. The highest BCUT2D eigenvalue weighted by molar-refractivity contribution is 14.1. The van der Waals surface area contributed by atoms with Crippen molar-refractivity contribution in [2.45, 2.75) is 19.9 Å². The second kappa shape index (κ2) is 13.7. The van der Waals surface area contributed by atoms with E-state index in [4.69, 9.17) is 28.7 Å². The van der Waals surface area contributed by atoms with Crippen molar-refractivity contribution in [1.82, 2.24) is 4.57 Å². The minimum Gasteiger partial charge on any atom is -0.493 e. The Kier molecular flexibility index (Phi) is 9.74. The summed E-state index contributed by atoms with van der Waals surface area (Å²) >= 11 is 3.44. The van der Waals surface area contributed by atoms with Crippen LogP contribution in [0.4, 0.5) is 0 Å². The molecule has 0 saturated heterocycles. The maximum absolute atomic E-state index is 14.3. The first-order chi connectivity index (χ1) is 21.3. The lowest BCUT2D eigenvalue weighted by molar-refractivity contribution is -0.138. The Bertz CT molecular complexity index is 1910. The molecule has 1 aromatic heterocycles. The minimum absolute atomic E-state index is 0.158. The van der Waals surface area contributed by atoms with Gasteiger partial charge in [0.2, 0.25) is 0 Å². The predicted octanol–water partition coefficient (Wildman–Crippen LogP) is 4.96. The van der Waals surface area contributed by atoms with E-state index in [1.165, 1.54) is 18.4 Å². The van der Waals surface area contributed by atoms with E-state index in [0.29, 0.717) is 50.2 Å². The van der Waals surface area contributed by atoms with Gasteiger partial charge in [-0.05, 0) is 77.9 Å². The molecule has 0 unspecified atom stereocenters. The molecule has 1 aliphatic rings. The topological polar surface area (TPSA) is 97.6 Å². The number of rotatable bonds is 10. The quantitative estimate of drug-likeness (QED) is 0.168. The van der Waals surface area contributed by atoms with E-state index < -0.39 is 12.0 Å². The van der Waals surface area contributed by atoms with Crippen molar-refractivity contribution in [3.63, 3.8) is 0 Å². The molecular formula is C33H31IN2O7S. The summed E-state index contributed by atoms with van der Waals surface area (Å²) in [6, 6.07) is 17.7. The molecule has 228 valence electrons. The van der Waals surface area contributed by atoms with E-state index in [9.17, 15) is 9.59 Å². The smallest absolute Gasteiger partial charge is 0.338 e. The number of hydrogen-bond acceptors (Lipinski definition) is 9. The number of hydrogen-bond donors (Lipinski definition) is 0. The zero-order valence-corrected chi connectivity index (χ0v) is 27.9. The van der Waals surface area contributed by atoms with Crippen LogP contribution in [0.2, 0.25) is 0 Å². The molecular weight excluding hydrogens is 695 g/mol. The number of methoxy groups -OCH3 is 3. The first-order valence-electron chi connectivity index (χ1n) is 13.9. The van der Waals surface area contributed by atoms with Crippen molar-refractivity contribution in [2.75, 3.05) is 34.5 Å². The third-order valence-corrected chi connectivity index (χ3v) is 8.72. The fourth-order valence-electron chi connectivity index (χ4n) is 5.04. The second-order valence-electron chi connectivity index (χ2n) is 9.51. The average molecular weight is 727 g/mol. The summed E-state index contributed by atoms with van der Waals surface area (Å²) in [5.74, 6) is 1.64. The van der Waals surface area contributed by atoms with Gasteiger partial charge in [-0.15, -0.1) is 0 Å². The van der Waals surface area contributed by atoms with Gasteiger partial charge in [-0.25, -0.2) is 9.79 Å². The lowest BCUT2D eigenvalue weighted by Gasteiger charge is -2.26. The number of carbonyl (C=O) groups is 1. The highest BCUT2D eigenvalue weighted by atomic mass is 127. The number of fused-ring (bicyclic) bond motifs is 1. The summed E-state index contributed by atoms with van der Waals surface area (Å²) in [6.07, 6.45) is 1.80. The number of aromatic nitrogens is 1. The summed E-state index contributed by atoms with van der Waals surface area (Å²) in [6.45, 7) is 4.31. The maximum atomic E-state index is 14.3. The molecule has 11 heteroatoms. The van der Waals surface area contributed by atoms with E-state index in [2.05, 4.69) is 22.6 Å². The van der Waals surface area contributed by atoms with Crippen LogP contribution in [0, 0.1) is 3.57 Å². The fraction of sp³-hybridized carbons (Fsp3) is 0.242. The molecule has 0 bridgehead atoms. The average Bonchev–Trinajstić information content (AvgIpc) is 3.35. The SMILES string of the molecule is CCOC(=O)C1=C(c2ccccc2)N=c2s/c(=C\c3cc(I)c(OCC)c(OC)c3)c(=O)n2[C@H]1c1ccc(OC)c(OC)c1.